The highest BCUT2D eigenvalue weighted by molar-refractivity contribution is 8.06. The lowest BCUT2D eigenvalue weighted by Crippen LogP contribution is -2.41. The van der Waals surface area contributed by atoms with Gasteiger partial charge in [-0.1, -0.05) is 78.5 Å². The highest BCUT2D eigenvalue weighted by atomic mass is 32.2. The molecule has 0 N–H and O–H groups in total. The fourth-order valence-corrected chi connectivity index (χ4v) is 15.3. The Bertz CT molecular complexity index is 1180. The first-order chi connectivity index (χ1) is 17.4. The van der Waals surface area contributed by atoms with Crippen LogP contribution in [-0.4, -0.2) is 10.5 Å². The molecule has 0 spiro atoms. The van der Waals surface area contributed by atoms with Gasteiger partial charge < -0.3 is 0 Å². The Kier molecular flexibility index (Phi) is 6.18. The average molecular weight is 529 g/mol. The van der Waals surface area contributed by atoms with Crippen molar-refractivity contribution < 1.29 is 0 Å². The summed E-state index contributed by atoms with van der Waals surface area (Å²) in [5.74, 6) is 0. The Hall–Kier alpha value is -1.72. The van der Waals surface area contributed by atoms with Crippen molar-refractivity contribution in [3.05, 3.63) is 97.1 Å². The average Bonchev–Trinajstić information content (AvgIpc) is 3.16. The van der Waals surface area contributed by atoms with Crippen LogP contribution in [0.3, 0.4) is 0 Å². The van der Waals surface area contributed by atoms with Crippen LogP contribution in [0.4, 0.5) is 0 Å². The normalized spacial score (nSPS) is 21.8. The number of rotatable bonds is 2. The van der Waals surface area contributed by atoms with Crippen molar-refractivity contribution in [2.75, 3.05) is 0 Å². The Morgan fingerprint density at radius 1 is 0.429 bits per heavy atom. The van der Waals surface area contributed by atoms with E-state index in [-0.39, 0.29) is 21.8 Å². The lowest BCUT2D eigenvalue weighted by Gasteiger charge is -2.30. The second-order valence-electron chi connectivity index (χ2n) is 9.38. The van der Waals surface area contributed by atoms with E-state index in [1.165, 1.54) is 51.7 Å². The molecular weight excluding hydrogens is 501 g/mol. The molecule has 0 nitrogen and oxygen atoms in total. The Morgan fingerprint density at radius 3 is 1.09 bits per heavy atom. The van der Waals surface area contributed by atoms with Crippen molar-refractivity contribution in [1.29, 1.82) is 0 Å². The number of benzene rings is 4. The van der Waals surface area contributed by atoms with Crippen LogP contribution in [0.1, 0.15) is 32.1 Å². The molecule has 2 atom stereocenters. The summed E-state index contributed by atoms with van der Waals surface area (Å²) in [4.78, 5) is 12.2. The lowest BCUT2D eigenvalue weighted by molar-refractivity contribution is 0.703. The first-order valence-corrected chi connectivity index (χ1v) is 16.8. The van der Waals surface area contributed by atoms with Crippen LogP contribution < -0.4 is 0 Å². The molecule has 0 aromatic heterocycles. The van der Waals surface area contributed by atoms with Crippen LogP contribution in [0.5, 0.6) is 0 Å². The fraction of sp³-hybridized carbons (Fsp3) is 0.226. The summed E-state index contributed by atoms with van der Waals surface area (Å²) >= 11 is 3.95. The molecule has 0 radical (unpaired) electrons. The van der Waals surface area contributed by atoms with E-state index in [0.717, 1.165) is 0 Å². The van der Waals surface area contributed by atoms with Gasteiger partial charge in [0, 0.05) is 12.8 Å². The van der Waals surface area contributed by atoms with Gasteiger partial charge in [0.1, 0.15) is 0 Å². The van der Waals surface area contributed by atoms with Crippen LogP contribution in [0.15, 0.2) is 136 Å². The van der Waals surface area contributed by atoms with Crippen molar-refractivity contribution in [1.82, 2.24) is 0 Å². The zero-order chi connectivity index (χ0) is 23.2. The van der Waals surface area contributed by atoms with Crippen LogP contribution in [0.25, 0.3) is 0 Å². The van der Waals surface area contributed by atoms with Crippen molar-refractivity contribution in [2.24, 2.45) is 0 Å². The van der Waals surface area contributed by atoms with Crippen molar-refractivity contribution in [2.45, 2.75) is 81.8 Å². The first-order valence-electron chi connectivity index (χ1n) is 12.6. The minimum atomic E-state index is 0.102. The molecule has 0 amide bonds. The predicted octanol–water partition coefficient (Wildman–Crippen LogP) is 9.09. The molecular formula is C31H28S4+2. The highest BCUT2D eigenvalue weighted by Crippen LogP contribution is 2.53. The third kappa shape index (κ3) is 3.98. The van der Waals surface area contributed by atoms with Crippen LogP contribution in [0, 0.1) is 0 Å². The molecule has 1 fully saturated rings. The second-order valence-corrected chi connectivity index (χ2v) is 15.9. The predicted molar refractivity (Wildman–Crippen MR) is 152 cm³/mol. The van der Waals surface area contributed by atoms with E-state index in [9.17, 15) is 0 Å². The minimum absolute atomic E-state index is 0.102. The van der Waals surface area contributed by atoms with Gasteiger partial charge in [-0.3, -0.25) is 0 Å². The van der Waals surface area contributed by atoms with Gasteiger partial charge in [0.25, 0.3) is 0 Å². The molecule has 0 unspecified atom stereocenters. The van der Waals surface area contributed by atoms with Gasteiger partial charge in [-0.25, -0.2) is 0 Å². The van der Waals surface area contributed by atoms with Crippen molar-refractivity contribution in [3.8, 4) is 0 Å². The van der Waals surface area contributed by atoms with E-state index in [2.05, 4.69) is 97.1 Å². The molecule has 4 heteroatoms. The molecule has 4 aromatic carbocycles. The van der Waals surface area contributed by atoms with E-state index >= 15 is 0 Å². The topological polar surface area (TPSA) is 0 Å². The van der Waals surface area contributed by atoms with Crippen LogP contribution in [-0.2, 0) is 21.8 Å². The maximum Gasteiger partial charge on any atom is 0.177 e. The van der Waals surface area contributed by atoms with E-state index in [1.54, 1.807) is 19.6 Å². The van der Waals surface area contributed by atoms with Crippen LogP contribution in [0.2, 0.25) is 0 Å². The van der Waals surface area contributed by atoms with Gasteiger partial charge in [0.15, 0.2) is 30.1 Å². The summed E-state index contributed by atoms with van der Waals surface area (Å²) in [6.07, 6.45) is 6.76. The van der Waals surface area contributed by atoms with Gasteiger partial charge in [-0.05, 0) is 61.4 Å². The summed E-state index contributed by atoms with van der Waals surface area (Å²) in [6.45, 7) is 0. The van der Waals surface area contributed by atoms with Crippen molar-refractivity contribution in [3.63, 3.8) is 0 Å². The largest absolute Gasteiger partial charge is 0.177 e. The number of hydrogen-bond acceptors (Lipinski definition) is 2. The molecule has 0 saturated heterocycles. The molecule has 7 rings (SSSR count). The Morgan fingerprint density at radius 2 is 0.743 bits per heavy atom. The molecule has 35 heavy (non-hydrogen) atoms. The van der Waals surface area contributed by atoms with Crippen molar-refractivity contribution >= 4 is 45.3 Å². The summed E-state index contributed by atoms with van der Waals surface area (Å²) in [7, 11) is 0.204. The first kappa shape index (κ1) is 22.5. The SMILES string of the molecule is c1ccc2c(c1)Sc1ccccc1[S+]2[C@H]1CCCCC[C@@H]1[S+]1c2ccccc2Sc2ccccc21. The van der Waals surface area contributed by atoms with Gasteiger partial charge >= 0.3 is 0 Å². The summed E-state index contributed by atoms with van der Waals surface area (Å²) in [5.41, 5.74) is 0. The molecule has 4 aromatic rings. The molecule has 0 bridgehead atoms. The van der Waals surface area contributed by atoms with Gasteiger partial charge in [-0.15, -0.1) is 0 Å². The second kappa shape index (κ2) is 9.63. The number of fused-ring (bicyclic) bond motifs is 4. The molecule has 2 aliphatic heterocycles. The third-order valence-corrected chi connectivity index (χ3v) is 15.9. The standard InChI is InChI=1S/C31H28S4/c1-2-20-30(34-26-16-8-4-12-22(26)32-23-13-5-9-17-27(23)34)31(21-3-1)35-28-18-10-6-14-24(28)33-25-15-7-11-19-29(25)35/h4-19,30-31H,1-3,20-21H2/q+2/t30-,31-/m0/s1. The maximum atomic E-state index is 2.44. The van der Waals surface area contributed by atoms with E-state index in [0.29, 0.717) is 10.5 Å². The molecule has 3 aliphatic rings. The molecule has 1 saturated carbocycles. The van der Waals surface area contributed by atoms with Gasteiger partial charge in [0.2, 0.25) is 0 Å². The maximum absolute atomic E-state index is 2.44. The minimum Gasteiger partial charge on any atom is -0.0795 e. The lowest BCUT2D eigenvalue weighted by atomic mass is 10.2. The zero-order valence-corrected chi connectivity index (χ0v) is 22.8. The Labute approximate surface area is 223 Å². The van der Waals surface area contributed by atoms with E-state index in [4.69, 9.17) is 0 Å². The summed E-state index contributed by atoms with van der Waals surface area (Å²) in [6, 6.07) is 37.1. The molecule has 1 aliphatic carbocycles. The number of hydrogen-bond donors (Lipinski definition) is 0. The Balaban J connectivity index is 1.42. The summed E-state index contributed by atoms with van der Waals surface area (Å²) in [5, 5.41) is 1.35. The van der Waals surface area contributed by atoms with Gasteiger partial charge in [-0.2, -0.15) is 0 Å². The third-order valence-electron chi connectivity index (χ3n) is 7.28. The monoisotopic (exact) mass is 528 g/mol. The fourth-order valence-electron chi connectivity index (χ4n) is 5.77. The quantitative estimate of drug-likeness (QED) is 0.188. The van der Waals surface area contributed by atoms with Crippen LogP contribution >= 0.6 is 23.5 Å². The van der Waals surface area contributed by atoms with E-state index in [1.807, 2.05) is 23.5 Å². The zero-order valence-electron chi connectivity index (χ0n) is 19.6. The van der Waals surface area contributed by atoms with Gasteiger partial charge in [0.05, 0.1) is 41.4 Å². The smallest absolute Gasteiger partial charge is 0.0795 e. The van der Waals surface area contributed by atoms with E-state index < -0.39 is 0 Å². The summed E-state index contributed by atoms with van der Waals surface area (Å²) < 4.78 is 0. The highest BCUT2D eigenvalue weighted by Gasteiger charge is 2.55. The molecule has 2 heterocycles. The molecule has 174 valence electrons.